The van der Waals surface area contributed by atoms with E-state index in [1.54, 1.807) is 0 Å². The first-order chi connectivity index (χ1) is 8.15. The topological polar surface area (TPSA) is 38.0 Å². The fraction of sp³-hybridized carbons (Fsp3) is 0.600. The van der Waals surface area contributed by atoms with E-state index in [-0.39, 0.29) is 0 Å². The lowest BCUT2D eigenvalue weighted by Gasteiger charge is -2.26. The molecule has 0 saturated carbocycles. The second-order valence-corrected chi connectivity index (χ2v) is 5.25. The maximum absolute atomic E-state index is 5.64. The van der Waals surface area contributed by atoms with Gasteiger partial charge in [-0.15, -0.1) is 0 Å². The molecule has 2 unspecified atom stereocenters. The molecule has 1 aromatic carbocycles. The summed E-state index contributed by atoms with van der Waals surface area (Å²) in [7, 11) is 0. The summed E-state index contributed by atoms with van der Waals surface area (Å²) in [6.07, 6.45) is 3.48. The monoisotopic (exact) mass is 234 g/mol. The third kappa shape index (κ3) is 4.88. The molecule has 0 saturated heterocycles. The maximum Gasteiger partial charge on any atom is 0.0238 e. The Bertz CT molecular complexity index is 295. The van der Waals surface area contributed by atoms with Crippen LogP contribution in [-0.4, -0.2) is 6.04 Å². The molecule has 0 aromatic heterocycles. The molecule has 1 rings (SSSR count). The van der Waals surface area contributed by atoms with Gasteiger partial charge in [0, 0.05) is 6.04 Å². The highest BCUT2D eigenvalue weighted by Gasteiger charge is 2.18. The molecule has 2 heteroatoms. The summed E-state index contributed by atoms with van der Waals surface area (Å²) >= 11 is 0. The standard InChI is InChI=1S/C15H26N2/c1-12(2)13(3)15(17-16)11-7-10-14-8-5-4-6-9-14/h4-6,8-9,12-13,15,17H,7,10-11,16H2,1-3H3. The molecule has 0 aliphatic heterocycles. The van der Waals surface area contributed by atoms with Crippen LogP contribution in [0.3, 0.4) is 0 Å². The van der Waals surface area contributed by atoms with Crippen LogP contribution in [0.5, 0.6) is 0 Å². The smallest absolute Gasteiger partial charge is 0.0238 e. The summed E-state index contributed by atoms with van der Waals surface area (Å²) in [6, 6.07) is 11.1. The molecule has 96 valence electrons. The van der Waals surface area contributed by atoms with Crippen molar-refractivity contribution in [2.24, 2.45) is 17.7 Å². The molecule has 0 aliphatic carbocycles. The zero-order valence-corrected chi connectivity index (χ0v) is 11.3. The van der Waals surface area contributed by atoms with Gasteiger partial charge in [0.1, 0.15) is 0 Å². The zero-order valence-electron chi connectivity index (χ0n) is 11.3. The normalized spacial score (nSPS) is 14.9. The van der Waals surface area contributed by atoms with Crippen molar-refractivity contribution in [3.63, 3.8) is 0 Å². The molecule has 2 nitrogen and oxygen atoms in total. The molecule has 0 spiro atoms. The summed E-state index contributed by atoms with van der Waals surface area (Å²) in [5.74, 6) is 6.94. The Morgan fingerprint density at radius 3 is 2.29 bits per heavy atom. The van der Waals surface area contributed by atoms with Crippen molar-refractivity contribution in [1.29, 1.82) is 0 Å². The van der Waals surface area contributed by atoms with Crippen LogP contribution in [0, 0.1) is 11.8 Å². The van der Waals surface area contributed by atoms with Crippen LogP contribution in [0.1, 0.15) is 39.2 Å². The first-order valence-electron chi connectivity index (χ1n) is 6.65. The van der Waals surface area contributed by atoms with Crippen LogP contribution in [0.15, 0.2) is 30.3 Å². The molecule has 0 radical (unpaired) electrons. The van der Waals surface area contributed by atoms with Gasteiger partial charge in [0.2, 0.25) is 0 Å². The van der Waals surface area contributed by atoms with Gasteiger partial charge in [-0.1, -0.05) is 51.1 Å². The minimum Gasteiger partial charge on any atom is -0.271 e. The van der Waals surface area contributed by atoms with Crippen LogP contribution in [0.2, 0.25) is 0 Å². The Morgan fingerprint density at radius 1 is 1.12 bits per heavy atom. The summed E-state index contributed by atoms with van der Waals surface area (Å²) in [5.41, 5.74) is 4.39. The van der Waals surface area contributed by atoms with E-state index in [0.29, 0.717) is 17.9 Å². The van der Waals surface area contributed by atoms with Crippen molar-refractivity contribution < 1.29 is 0 Å². The van der Waals surface area contributed by atoms with E-state index in [1.807, 2.05) is 0 Å². The van der Waals surface area contributed by atoms with Crippen LogP contribution in [-0.2, 0) is 6.42 Å². The van der Waals surface area contributed by atoms with E-state index >= 15 is 0 Å². The Kier molecular flexibility index (Phi) is 6.23. The van der Waals surface area contributed by atoms with Gasteiger partial charge in [-0.3, -0.25) is 11.3 Å². The fourth-order valence-corrected chi connectivity index (χ4v) is 2.13. The van der Waals surface area contributed by atoms with E-state index in [1.165, 1.54) is 12.0 Å². The number of hydrogen-bond donors (Lipinski definition) is 2. The Hall–Kier alpha value is -0.860. The van der Waals surface area contributed by atoms with Crippen molar-refractivity contribution in [3.8, 4) is 0 Å². The number of nitrogens with two attached hydrogens (primary N) is 1. The minimum atomic E-state index is 0.429. The second-order valence-electron chi connectivity index (χ2n) is 5.25. The molecule has 3 N–H and O–H groups in total. The molecule has 0 fully saturated rings. The maximum atomic E-state index is 5.64. The van der Waals surface area contributed by atoms with Gasteiger partial charge in [-0.25, -0.2) is 0 Å². The van der Waals surface area contributed by atoms with Crippen molar-refractivity contribution in [1.82, 2.24) is 5.43 Å². The van der Waals surface area contributed by atoms with E-state index in [4.69, 9.17) is 5.84 Å². The van der Waals surface area contributed by atoms with Gasteiger partial charge < -0.3 is 0 Å². The fourth-order valence-electron chi connectivity index (χ4n) is 2.13. The summed E-state index contributed by atoms with van der Waals surface area (Å²) in [4.78, 5) is 0. The number of rotatable bonds is 7. The van der Waals surface area contributed by atoms with Crippen LogP contribution in [0.4, 0.5) is 0 Å². The number of hydrazine groups is 1. The lowest BCUT2D eigenvalue weighted by molar-refractivity contribution is 0.284. The number of nitrogens with one attached hydrogen (secondary N) is 1. The van der Waals surface area contributed by atoms with Gasteiger partial charge in [-0.05, 0) is 36.7 Å². The SMILES string of the molecule is CC(C)C(C)C(CCCc1ccccc1)NN. The van der Waals surface area contributed by atoms with Crippen molar-refractivity contribution in [2.75, 3.05) is 0 Å². The summed E-state index contributed by atoms with van der Waals surface area (Å²) in [5, 5.41) is 0. The highest BCUT2D eigenvalue weighted by molar-refractivity contribution is 5.14. The lowest BCUT2D eigenvalue weighted by Crippen LogP contribution is -2.41. The first kappa shape index (κ1) is 14.2. The van der Waals surface area contributed by atoms with E-state index < -0.39 is 0 Å². The van der Waals surface area contributed by atoms with E-state index in [0.717, 1.165) is 12.8 Å². The number of benzene rings is 1. The highest BCUT2D eigenvalue weighted by atomic mass is 15.2. The molecular formula is C15H26N2. The van der Waals surface area contributed by atoms with E-state index in [9.17, 15) is 0 Å². The average molecular weight is 234 g/mol. The quantitative estimate of drug-likeness (QED) is 0.562. The molecule has 1 aromatic rings. The number of hydrogen-bond acceptors (Lipinski definition) is 2. The van der Waals surface area contributed by atoms with Gasteiger partial charge in [0.05, 0.1) is 0 Å². The third-order valence-corrected chi connectivity index (χ3v) is 3.72. The summed E-state index contributed by atoms with van der Waals surface area (Å²) in [6.45, 7) is 6.79. The lowest BCUT2D eigenvalue weighted by atomic mass is 9.87. The summed E-state index contributed by atoms with van der Waals surface area (Å²) < 4.78 is 0. The molecule has 0 amide bonds. The molecule has 0 heterocycles. The highest BCUT2D eigenvalue weighted by Crippen LogP contribution is 2.18. The molecule has 0 aliphatic rings. The zero-order chi connectivity index (χ0) is 12.7. The van der Waals surface area contributed by atoms with Crippen molar-refractivity contribution in [2.45, 2.75) is 46.1 Å². The Morgan fingerprint density at radius 2 is 1.76 bits per heavy atom. The van der Waals surface area contributed by atoms with E-state index in [2.05, 4.69) is 56.5 Å². The molecule has 2 atom stereocenters. The largest absolute Gasteiger partial charge is 0.271 e. The Labute approximate surface area is 106 Å². The predicted octanol–water partition coefficient (Wildman–Crippen LogP) is 3.13. The average Bonchev–Trinajstić information content (AvgIpc) is 2.35. The molecule has 0 bridgehead atoms. The van der Waals surface area contributed by atoms with Crippen LogP contribution < -0.4 is 11.3 Å². The van der Waals surface area contributed by atoms with Gasteiger partial charge in [0.25, 0.3) is 0 Å². The minimum absolute atomic E-state index is 0.429. The first-order valence-corrected chi connectivity index (χ1v) is 6.65. The van der Waals surface area contributed by atoms with Crippen LogP contribution in [0.25, 0.3) is 0 Å². The predicted molar refractivity (Wildman–Crippen MR) is 74.5 cm³/mol. The van der Waals surface area contributed by atoms with Crippen molar-refractivity contribution >= 4 is 0 Å². The second kappa shape index (κ2) is 7.46. The van der Waals surface area contributed by atoms with Gasteiger partial charge >= 0.3 is 0 Å². The molecule has 17 heavy (non-hydrogen) atoms. The van der Waals surface area contributed by atoms with Gasteiger partial charge in [-0.2, -0.15) is 0 Å². The number of aryl methyl sites for hydroxylation is 1. The van der Waals surface area contributed by atoms with Gasteiger partial charge in [0.15, 0.2) is 0 Å². The van der Waals surface area contributed by atoms with Crippen molar-refractivity contribution in [3.05, 3.63) is 35.9 Å². The van der Waals surface area contributed by atoms with Crippen LogP contribution >= 0.6 is 0 Å². The molecular weight excluding hydrogens is 208 g/mol. The Balaban J connectivity index is 2.34. The third-order valence-electron chi connectivity index (χ3n) is 3.72.